The van der Waals surface area contributed by atoms with E-state index >= 15 is 0 Å². The zero-order chi connectivity index (χ0) is 19.5. The number of nitrogens with two attached hydrogens (primary N) is 1. The van der Waals surface area contributed by atoms with E-state index in [9.17, 15) is 4.79 Å². The van der Waals surface area contributed by atoms with Gasteiger partial charge in [-0.3, -0.25) is 0 Å². The highest BCUT2D eigenvalue weighted by atomic mass is 16.5. The van der Waals surface area contributed by atoms with Gasteiger partial charge in [0.25, 0.3) is 0 Å². The van der Waals surface area contributed by atoms with Crippen LogP contribution in [0.2, 0.25) is 0 Å². The average molecular weight is 372 g/mol. The molecular formula is C24H24N2O2. The molecular weight excluding hydrogens is 348 g/mol. The van der Waals surface area contributed by atoms with E-state index in [2.05, 4.69) is 66.0 Å². The Balaban J connectivity index is 1.69. The van der Waals surface area contributed by atoms with Gasteiger partial charge in [0.05, 0.1) is 19.2 Å². The summed E-state index contributed by atoms with van der Waals surface area (Å²) in [5, 5.41) is 2.86. The zero-order valence-corrected chi connectivity index (χ0v) is 15.9. The minimum atomic E-state index is -0.436. The summed E-state index contributed by atoms with van der Waals surface area (Å²) >= 11 is 0. The Kier molecular flexibility index (Phi) is 5.13. The SMILES string of the molecule is COC(=O)NC1CC2=C(C=CC(=C(c3ccccc3)c3ccccc3)C2)[C@H]1N. The highest BCUT2D eigenvalue weighted by Crippen LogP contribution is 2.39. The molecule has 28 heavy (non-hydrogen) atoms. The van der Waals surface area contributed by atoms with Gasteiger partial charge < -0.3 is 15.8 Å². The molecule has 0 heterocycles. The van der Waals surface area contributed by atoms with Crippen LogP contribution in [0.4, 0.5) is 4.79 Å². The second-order valence-electron chi connectivity index (χ2n) is 7.17. The summed E-state index contributed by atoms with van der Waals surface area (Å²) in [7, 11) is 1.37. The number of methoxy groups -OCH3 is 1. The zero-order valence-electron chi connectivity index (χ0n) is 15.9. The van der Waals surface area contributed by atoms with Gasteiger partial charge in [0.2, 0.25) is 0 Å². The summed E-state index contributed by atoms with van der Waals surface area (Å²) in [6.45, 7) is 0. The van der Waals surface area contributed by atoms with E-state index in [0.29, 0.717) is 0 Å². The molecule has 0 aliphatic heterocycles. The lowest BCUT2D eigenvalue weighted by Gasteiger charge is -2.19. The molecule has 4 rings (SSSR count). The first-order valence-corrected chi connectivity index (χ1v) is 9.51. The Morgan fingerprint density at radius 1 is 1.00 bits per heavy atom. The number of carbonyl (C=O) groups excluding carboxylic acids is 1. The van der Waals surface area contributed by atoms with Crippen LogP contribution in [0.15, 0.2) is 89.5 Å². The molecule has 2 aromatic carbocycles. The van der Waals surface area contributed by atoms with Crippen LogP contribution in [0.5, 0.6) is 0 Å². The molecule has 1 unspecified atom stereocenters. The van der Waals surface area contributed by atoms with Crippen molar-refractivity contribution in [3.05, 3.63) is 101 Å². The number of benzene rings is 2. The number of nitrogens with one attached hydrogen (secondary N) is 1. The normalized spacial score (nSPS) is 20.7. The number of ether oxygens (including phenoxy) is 1. The van der Waals surface area contributed by atoms with Crippen LogP contribution < -0.4 is 11.1 Å². The molecule has 2 aliphatic rings. The smallest absolute Gasteiger partial charge is 0.407 e. The number of hydrogen-bond donors (Lipinski definition) is 2. The van der Waals surface area contributed by atoms with Crippen molar-refractivity contribution >= 4 is 11.7 Å². The lowest BCUT2D eigenvalue weighted by atomic mass is 9.86. The Morgan fingerprint density at radius 3 is 2.18 bits per heavy atom. The molecule has 0 saturated heterocycles. The van der Waals surface area contributed by atoms with Crippen LogP contribution in [-0.4, -0.2) is 25.3 Å². The van der Waals surface area contributed by atoms with Gasteiger partial charge in [0.1, 0.15) is 0 Å². The number of carbonyl (C=O) groups is 1. The largest absolute Gasteiger partial charge is 0.453 e. The minimum absolute atomic E-state index is 0.127. The van der Waals surface area contributed by atoms with Crippen LogP contribution in [0, 0.1) is 0 Å². The highest BCUT2D eigenvalue weighted by molar-refractivity contribution is 5.84. The lowest BCUT2D eigenvalue weighted by molar-refractivity contribution is 0.166. The standard InChI is InChI=1S/C24H24N2O2/c1-28-24(27)26-21-15-19-14-18(12-13-20(19)23(21)25)22(16-8-4-2-5-9-16)17-10-6-3-7-11-17/h2-13,21,23H,14-15,25H2,1H3,(H,26,27)/t21?,23-/m1/s1. The molecule has 2 aliphatic carbocycles. The van der Waals surface area contributed by atoms with Crippen molar-refractivity contribution in [3.8, 4) is 0 Å². The Bertz CT molecular complexity index is 917. The Hall–Kier alpha value is -3.11. The summed E-state index contributed by atoms with van der Waals surface area (Å²) in [6.07, 6.45) is 5.43. The number of alkyl carbamates (subject to hydrolysis) is 1. The van der Waals surface area contributed by atoms with E-state index in [1.54, 1.807) is 0 Å². The highest BCUT2D eigenvalue weighted by Gasteiger charge is 2.34. The van der Waals surface area contributed by atoms with Gasteiger partial charge in [-0.1, -0.05) is 78.4 Å². The van der Waals surface area contributed by atoms with Gasteiger partial charge in [-0.05, 0) is 40.7 Å². The number of rotatable bonds is 3. The number of allylic oxidation sites excluding steroid dienone is 2. The van der Waals surface area contributed by atoms with Crippen molar-refractivity contribution in [1.82, 2.24) is 5.32 Å². The van der Waals surface area contributed by atoms with E-state index < -0.39 is 6.09 Å². The maximum absolute atomic E-state index is 11.6. The first-order valence-electron chi connectivity index (χ1n) is 9.51. The van der Waals surface area contributed by atoms with Crippen LogP contribution in [0.3, 0.4) is 0 Å². The van der Waals surface area contributed by atoms with E-state index in [4.69, 9.17) is 10.5 Å². The van der Waals surface area contributed by atoms with Crippen molar-refractivity contribution in [1.29, 1.82) is 0 Å². The summed E-state index contributed by atoms with van der Waals surface area (Å²) in [6, 6.07) is 20.6. The average Bonchev–Trinajstić information content (AvgIpc) is 3.04. The molecule has 0 radical (unpaired) electrons. The third kappa shape index (κ3) is 3.51. The second kappa shape index (κ2) is 7.87. The molecule has 0 fully saturated rings. The van der Waals surface area contributed by atoms with Gasteiger partial charge >= 0.3 is 6.09 Å². The van der Waals surface area contributed by atoms with E-state index in [1.165, 1.54) is 35.0 Å². The summed E-state index contributed by atoms with van der Waals surface area (Å²) < 4.78 is 4.74. The van der Waals surface area contributed by atoms with E-state index in [0.717, 1.165) is 18.4 Å². The fourth-order valence-corrected chi connectivity index (χ4v) is 4.12. The minimum Gasteiger partial charge on any atom is -0.453 e. The first kappa shape index (κ1) is 18.3. The van der Waals surface area contributed by atoms with Crippen LogP contribution >= 0.6 is 0 Å². The lowest BCUT2D eigenvalue weighted by Crippen LogP contribution is -2.45. The van der Waals surface area contributed by atoms with Gasteiger partial charge in [0.15, 0.2) is 0 Å². The third-order valence-corrected chi connectivity index (χ3v) is 5.47. The first-order chi connectivity index (χ1) is 13.7. The predicted octanol–water partition coefficient (Wildman–Crippen LogP) is 4.20. The van der Waals surface area contributed by atoms with Gasteiger partial charge in [-0.2, -0.15) is 0 Å². The van der Waals surface area contributed by atoms with Crippen molar-refractivity contribution in [2.75, 3.05) is 7.11 Å². The van der Waals surface area contributed by atoms with Crippen molar-refractivity contribution < 1.29 is 9.53 Å². The van der Waals surface area contributed by atoms with Gasteiger partial charge in [-0.15, -0.1) is 0 Å². The molecule has 2 atom stereocenters. The fourth-order valence-electron chi connectivity index (χ4n) is 4.12. The summed E-state index contributed by atoms with van der Waals surface area (Å²) in [5.74, 6) is 0. The molecule has 0 bridgehead atoms. The molecule has 142 valence electrons. The Morgan fingerprint density at radius 2 is 1.61 bits per heavy atom. The number of hydrogen-bond acceptors (Lipinski definition) is 3. The fraction of sp³-hybridized carbons (Fsp3) is 0.208. The van der Waals surface area contributed by atoms with Crippen LogP contribution in [0.1, 0.15) is 24.0 Å². The van der Waals surface area contributed by atoms with Crippen LogP contribution in [-0.2, 0) is 4.74 Å². The van der Waals surface area contributed by atoms with Gasteiger partial charge in [0, 0.05) is 0 Å². The van der Waals surface area contributed by atoms with Crippen molar-refractivity contribution in [2.45, 2.75) is 24.9 Å². The molecule has 0 saturated carbocycles. The summed E-state index contributed by atoms with van der Waals surface area (Å²) in [5.41, 5.74) is 13.7. The maximum Gasteiger partial charge on any atom is 0.407 e. The third-order valence-electron chi connectivity index (χ3n) is 5.47. The maximum atomic E-state index is 11.6. The predicted molar refractivity (Wildman–Crippen MR) is 112 cm³/mol. The summed E-state index contributed by atoms with van der Waals surface area (Å²) in [4.78, 5) is 11.6. The molecule has 0 spiro atoms. The monoisotopic (exact) mass is 372 g/mol. The molecule has 2 aromatic rings. The molecule has 4 nitrogen and oxygen atoms in total. The van der Waals surface area contributed by atoms with Gasteiger partial charge in [-0.25, -0.2) is 4.79 Å². The molecule has 1 amide bonds. The van der Waals surface area contributed by atoms with Crippen molar-refractivity contribution in [3.63, 3.8) is 0 Å². The van der Waals surface area contributed by atoms with Crippen molar-refractivity contribution in [2.24, 2.45) is 5.73 Å². The Labute approximate surface area is 165 Å². The van der Waals surface area contributed by atoms with Crippen LogP contribution in [0.25, 0.3) is 5.57 Å². The molecule has 0 aromatic heterocycles. The van der Waals surface area contributed by atoms with E-state index in [-0.39, 0.29) is 12.1 Å². The topological polar surface area (TPSA) is 64.3 Å². The van der Waals surface area contributed by atoms with E-state index in [1.807, 2.05) is 12.1 Å². The molecule has 3 N–H and O–H groups in total. The second-order valence-corrected chi connectivity index (χ2v) is 7.17. The number of amides is 1. The molecule has 4 heteroatoms. The quantitative estimate of drug-likeness (QED) is 0.849.